The maximum absolute atomic E-state index is 11.0. The molecule has 0 saturated heterocycles. The van der Waals surface area contributed by atoms with Gasteiger partial charge in [0.2, 0.25) is 5.91 Å². The lowest BCUT2D eigenvalue weighted by molar-refractivity contribution is -0.142. The Morgan fingerprint density at radius 3 is 2.33 bits per heavy atom. The number of hydrogen-bond donors (Lipinski definition) is 3. The van der Waals surface area contributed by atoms with Gasteiger partial charge >= 0.3 is 11.9 Å². The number of nitrogens with one attached hydrogen (secondary N) is 1. The maximum atomic E-state index is 11.0. The van der Waals surface area contributed by atoms with E-state index in [9.17, 15) is 14.4 Å². The zero-order valence-corrected chi connectivity index (χ0v) is 8.27. The van der Waals surface area contributed by atoms with Gasteiger partial charge in [-0.3, -0.25) is 9.59 Å². The van der Waals surface area contributed by atoms with Crippen molar-refractivity contribution in [1.82, 2.24) is 5.32 Å². The normalized spacial score (nSPS) is 12.3. The molecule has 15 heavy (non-hydrogen) atoms. The van der Waals surface area contributed by atoms with Crippen LogP contribution in [0.15, 0.2) is 12.2 Å². The predicted molar refractivity (Wildman–Crippen MR) is 51.3 cm³/mol. The first-order valence-electron chi connectivity index (χ1n) is 4.35. The van der Waals surface area contributed by atoms with Crippen molar-refractivity contribution in [2.45, 2.75) is 25.8 Å². The number of hydrogen-bond acceptors (Lipinski definition) is 3. The smallest absolute Gasteiger partial charge is 0.326 e. The fourth-order valence-corrected chi connectivity index (χ4v) is 0.896. The third-order valence-electron chi connectivity index (χ3n) is 1.58. The van der Waals surface area contributed by atoms with E-state index in [0.29, 0.717) is 0 Å². The Bertz CT molecular complexity index is 284. The summed E-state index contributed by atoms with van der Waals surface area (Å²) in [5.41, 5.74) is 0. The summed E-state index contributed by atoms with van der Waals surface area (Å²) in [5, 5.41) is 19.2. The molecule has 0 rings (SSSR count). The molecule has 1 amide bonds. The molecule has 0 aliphatic carbocycles. The van der Waals surface area contributed by atoms with Crippen LogP contribution >= 0.6 is 0 Å². The van der Waals surface area contributed by atoms with E-state index in [-0.39, 0.29) is 12.8 Å². The molecule has 84 valence electrons. The monoisotopic (exact) mass is 215 g/mol. The Kier molecular flexibility index (Phi) is 5.77. The highest BCUT2D eigenvalue weighted by Crippen LogP contribution is 1.98. The second-order valence-corrected chi connectivity index (χ2v) is 2.83. The Hall–Kier alpha value is -1.85. The molecule has 0 bridgehead atoms. The number of allylic oxidation sites excluding steroid dienone is 1. The molecule has 1 atom stereocenters. The summed E-state index contributed by atoms with van der Waals surface area (Å²) in [6, 6.07) is -1.16. The molecular formula is C9H13NO5. The molecule has 0 heterocycles. The lowest BCUT2D eigenvalue weighted by Crippen LogP contribution is -2.40. The van der Waals surface area contributed by atoms with Crippen LogP contribution in [0.5, 0.6) is 0 Å². The zero-order chi connectivity index (χ0) is 11.8. The molecule has 6 heteroatoms. The lowest BCUT2D eigenvalue weighted by Gasteiger charge is -2.11. The number of carboxylic acids is 2. The van der Waals surface area contributed by atoms with Gasteiger partial charge in [0.15, 0.2) is 0 Å². The van der Waals surface area contributed by atoms with Crippen LogP contribution in [0, 0.1) is 0 Å². The van der Waals surface area contributed by atoms with Gasteiger partial charge in [0, 0.05) is 6.42 Å². The first kappa shape index (κ1) is 13.2. The average Bonchev–Trinajstić information content (AvgIpc) is 2.11. The Morgan fingerprint density at radius 2 is 1.93 bits per heavy atom. The standard InChI is InChI=1S/C9H13NO5/c1-2-3-7(11)10-6(9(14)15)4-5-8(12)13/h2-3,6H,4-5H2,1H3,(H,10,11)(H,12,13)(H,14,15)/b3-2+. The van der Waals surface area contributed by atoms with Crippen LogP contribution in [-0.4, -0.2) is 34.1 Å². The summed E-state index contributed by atoms with van der Waals surface area (Å²) in [6.07, 6.45) is 2.21. The number of carbonyl (C=O) groups excluding carboxylic acids is 1. The van der Waals surface area contributed by atoms with Gasteiger partial charge in [-0.25, -0.2) is 4.79 Å². The highest BCUT2D eigenvalue weighted by atomic mass is 16.4. The van der Waals surface area contributed by atoms with Crippen LogP contribution in [0.3, 0.4) is 0 Å². The van der Waals surface area contributed by atoms with E-state index in [1.807, 2.05) is 0 Å². The van der Waals surface area contributed by atoms with Crippen molar-refractivity contribution >= 4 is 17.8 Å². The van der Waals surface area contributed by atoms with Gasteiger partial charge in [0.25, 0.3) is 0 Å². The first-order valence-corrected chi connectivity index (χ1v) is 4.35. The third-order valence-corrected chi connectivity index (χ3v) is 1.58. The van der Waals surface area contributed by atoms with Crippen LogP contribution in [0.4, 0.5) is 0 Å². The fourth-order valence-electron chi connectivity index (χ4n) is 0.896. The average molecular weight is 215 g/mol. The molecule has 0 aliphatic heterocycles. The third kappa shape index (κ3) is 6.25. The van der Waals surface area contributed by atoms with Crippen LogP contribution in [-0.2, 0) is 14.4 Å². The second-order valence-electron chi connectivity index (χ2n) is 2.83. The molecule has 3 N–H and O–H groups in total. The van der Waals surface area contributed by atoms with Gasteiger partial charge in [0.1, 0.15) is 6.04 Å². The Morgan fingerprint density at radius 1 is 1.33 bits per heavy atom. The summed E-state index contributed by atoms with van der Waals surface area (Å²) in [4.78, 5) is 31.8. The van der Waals surface area contributed by atoms with Crippen molar-refractivity contribution < 1.29 is 24.6 Å². The van der Waals surface area contributed by atoms with E-state index >= 15 is 0 Å². The minimum Gasteiger partial charge on any atom is -0.481 e. The summed E-state index contributed by atoms with van der Waals surface area (Å²) < 4.78 is 0. The van der Waals surface area contributed by atoms with Gasteiger partial charge < -0.3 is 15.5 Å². The summed E-state index contributed by atoms with van der Waals surface area (Å²) in [6.45, 7) is 1.62. The number of rotatable bonds is 6. The predicted octanol–water partition coefficient (Wildman–Crippen LogP) is -0.00330. The number of carbonyl (C=O) groups is 3. The van der Waals surface area contributed by atoms with E-state index in [1.165, 1.54) is 12.2 Å². The van der Waals surface area contributed by atoms with E-state index in [1.54, 1.807) is 6.92 Å². The van der Waals surface area contributed by atoms with Crippen LogP contribution in [0.25, 0.3) is 0 Å². The van der Waals surface area contributed by atoms with Crippen molar-refractivity contribution in [3.05, 3.63) is 12.2 Å². The number of amides is 1. The molecule has 0 aromatic rings. The second kappa shape index (κ2) is 6.58. The maximum Gasteiger partial charge on any atom is 0.326 e. The van der Waals surface area contributed by atoms with E-state index < -0.39 is 23.9 Å². The molecule has 0 aromatic heterocycles. The van der Waals surface area contributed by atoms with Crippen molar-refractivity contribution in [2.24, 2.45) is 0 Å². The minimum absolute atomic E-state index is 0.131. The molecule has 0 saturated carbocycles. The highest BCUT2D eigenvalue weighted by Gasteiger charge is 2.19. The van der Waals surface area contributed by atoms with Crippen molar-refractivity contribution in [1.29, 1.82) is 0 Å². The summed E-state index contributed by atoms with van der Waals surface area (Å²) in [5.74, 6) is -2.88. The Labute approximate surface area is 86.6 Å². The van der Waals surface area contributed by atoms with E-state index in [4.69, 9.17) is 10.2 Å². The molecule has 6 nitrogen and oxygen atoms in total. The minimum atomic E-state index is -1.24. The molecule has 0 radical (unpaired) electrons. The Balaban J connectivity index is 4.22. The SMILES string of the molecule is C/C=C/C(=O)NC(CCC(=O)O)C(=O)O. The van der Waals surface area contributed by atoms with Gasteiger partial charge in [-0.15, -0.1) is 0 Å². The molecule has 0 aliphatic rings. The van der Waals surface area contributed by atoms with E-state index in [0.717, 1.165) is 0 Å². The van der Waals surface area contributed by atoms with Crippen molar-refractivity contribution in [3.8, 4) is 0 Å². The van der Waals surface area contributed by atoms with Crippen LogP contribution < -0.4 is 5.32 Å². The van der Waals surface area contributed by atoms with Crippen LogP contribution in [0.2, 0.25) is 0 Å². The zero-order valence-electron chi connectivity index (χ0n) is 8.27. The van der Waals surface area contributed by atoms with Crippen molar-refractivity contribution in [2.75, 3.05) is 0 Å². The molecular weight excluding hydrogens is 202 g/mol. The number of aliphatic carboxylic acids is 2. The van der Waals surface area contributed by atoms with Gasteiger partial charge in [0.05, 0.1) is 0 Å². The van der Waals surface area contributed by atoms with Crippen LogP contribution in [0.1, 0.15) is 19.8 Å². The van der Waals surface area contributed by atoms with Crippen molar-refractivity contribution in [3.63, 3.8) is 0 Å². The number of carboxylic acid groups (broad SMARTS) is 2. The molecule has 0 fully saturated rings. The quantitative estimate of drug-likeness (QED) is 0.541. The largest absolute Gasteiger partial charge is 0.481 e. The summed E-state index contributed by atoms with van der Waals surface area (Å²) >= 11 is 0. The lowest BCUT2D eigenvalue weighted by atomic mass is 10.1. The molecule has 1 unspecified atom stereocenters. The first-order chi connectivity index (χ1) is 6.97. The summed E-state index contributed by atoms with van der Waals surface area (Å²) in [7, 11) is 0. The fraction of sp³-hybridized carbons (Fsp3) is 0.444. The topological polar surface area (TPSA) is 104 Å². The van der Waals surface area contributed by atoms with Gasteiger partial charge in [-0.2, -0.15) is 0 Å². The highest BCUT2D eigenvalue weighted by molar-refractivity contribution is 5.91. The van der Waals surface area contributed by atoms with Gasteiger partial charge in [-0.1, -0.05) is 6.08 Å². The van der Waals surface area contributed by atoms with E-state index in [2.05, 4.69) is 5.32 Å². The molecule has 0 spiro atoms. The van der Waals surface area contributed by atoms with Gasteiger partial charge in [-0.05, 0) is 19.4 Å². The molecule has 0 aromatic carbocycles.